The fourth-order valence-corrected chi connectivity index (χ4v) is 6.72. The maximum absolute atomic E-state index is 12.8. The highest BCUT2D eigenvalue weighted by Gasteiger charge is 2.35. The molecule has 0 spiro atoms. The fraction of sp³-hybridized carbons (Fsp3) is 0.368. The molecule has 0 aliphatic carbocycles. The van der Waals surface area contributed by atoms with Crippen molar-refractivity contribution in [1.29, 1.82) is 0 Å². The van der Waals surface area contributed by atoms with Crippen LogP contribution in [0.4, 0.5) is 0 Å². The zero-order valence-corrected chi connectivity index (χ0v) is 18.5. The number of ketones is 1. The fourth-order valence-electron chi connectivity index (χ4n) is 3.03. The zero-order valence-electron chi connectivity index (χ0n) is 15.3. The molecule has 150 valence electrons. The number of hydrogen-bond acceptors (Lipinski definition) is 6. The number of rotatable bonds is 6. The monoisotopic (exact) mass is 485 g/mol. The van der Waals surface area contributed by atoms with Crippen LogP contribution in [0.5, 0.6) is 5.75 Å². The Kier molecular flexibility index (Phi) is 6.69. The Labute approximate surface area is 176 Å². The van der Waals surface area contributed by atoms with Crippen LogP contribution in [-0.2, 0) is 14.8 Å². The van der Waals surface area contributed by atoms with Gasteiger partial charge in [0.05, 0.1) is 9.70 Å². The second kappa shape index (κ2) is 8.86. The van der Waals surface area contributed by atoms with Gasteiger partial charge in [-0.1, -0.05) is 6.92 Å². The minimum atomic E-state index is -3.62. The summed E-state index contributed by atoms with van der Waals surface area (Å²) in [4.78, 5) is 24.2. The van der Waals surface area contributed by atoms with Crippen LogP contribution in [0.3, 0.4) is 0 Å². The van der Waals surface area contributed by atoms with Crippen LogP contribution >= 0.6 is 27.3 Å². The molecule has 1 aliphatic rings. The highest BCUT2D eigenvalue weighted by atomic mass is 79.9. The Balaban J connectivity index is 1.67. The number of benzene rings is 1. The minimum Gasteiger partial charge on any atom is -0.426 e. The third-order valence-corrected chi connectivity index (χ3v) is 8.53. The number of ether oxygens (including phenoxy) is 1. The molecule has 1 fully saturated rings. The second-order valence-corrected chi connectivity index (χ2v) is 11.1. The van der Waals surface area contributed by atoms with Gasteiger partial charge >= 0.3 is 5.97 Å². The van der Waals surface area contributed by atoms with E-state index in [9.17, 15) is 18.0 Å². The summed E-state index contributed by atoms with van der Waals surface area (Å²) in [6, 6.07) is 9.68. The molecule has 0 radical (unpaired) electrons. The number of piperidine rings is 1. The molecule has 2 aromatic rings. The third-order valence-electron chi connectivity index (χ3n) is 4.58. The average molecular weight is 486 g/mol. The molecule has 0 amide bonds. The maximum Gasteiger partial charge on any atom is 0.315 e. The summed E-state index contributed by atoms with van der Waals surface area (Å²) in [7, 11) is -3.62. The molecule has 1 saturated heterocycles. The normalized spacial score (nSPS) is 18.0. The van der Waals surface area contributed by atoms with Crippen molar-refractivity contribution >= 4 is 49.0 Å². The molecular formula is C19H20BrNO5S2. The lowest BCUT2D eigenvalue weighted by Crippen LogP contribution is -2.43. The number of hydrogen-bond donors (Lipinski definition) is 0. The first-order chi connectivity index (χ1) is 13.3. The maximum atomic E-state index is 12.8. The highest BCUT2D eigenvalue weighted by molar-refractivity contribution is 9.11. The van der Waals surface area contributed by atoms with Gasteiger partial charge in [-0.2, -0.15) is 4.31 Å². The molecule has 0 N–H and O–H groups in total. The number of carbonyl (C=O) groups is 2. The molecule has 9 heteroatoms. The van der Waals surface area contributed by atoms with E-state index in [1.165, 1.54) is 4.31 Å². The molecule has 3 rings (SSSR count). The lowest BCUT2D eigenvalue weighted by atomic mass is 10.00. The Hall–Kier alpha value is -1.55. The summed E-state index contributed by atoms with van der Waals surface area (Å²) in [6.45, 7) is 2.27. The molecular weight excluding hydrogens is 466 g/mol. The van der Waals surface area contributed by atoms with Crippen LogP contribution in [0.25, 0.3) is 0 Å². The van der Waals surface area contributed by atoms with E-state index in [1.54, 1.807) is 43.3 Å². The van der Waals surface area contributed by atoms with Gasteiger partial charge in [-0.15, -0.1) is 11.3 Å². The van der Waals surface area contributed by atoms with E-state index in [4.69, 9.17) is 4.74 Å². The van der Waals surface area contributed by atoms with Crippen LogP contribution < -0.4 is 4.74 Å². The van der Waals surface area contributed by atoms with Crippen molar-refractivity contribution in [2.24, 2.45) is 5.92 Å². The number of Topliss-reactive ketones (excluding diaryl/α,β-unsaturated/α-hetero) is 1. The number of thiophene rings is 1. The standard InChI is InChI=1S/C19H20BrNO5S2/c1-2-16(22)13-5-7-15(8-6-13)26-19(23)14-4-3-11-21(12-14)28(24,25)18-10-9-17(20)27-18/h5-10,14H,2-4,11-12H2,1H3. The van der Waals surface area contributed by atoms with E-state index in [1.807, 2.05) is 0 Å². The van der Waals surface area contributed by atoms with Crippen molar-refractivity contribution in [3.05, 3.63) is 45.7 Å². The largest absolute Gasteiger partial charge is 0.426 e. The first-order valence-electron chi connectivity index (χ1n) is 8.91. The second-order valence-electron chi connectivity index (χ2n) is 6.48. The van der Waals surface area contributed by atoms with Crippen molar-refractivity contribution < 1.29 is 22.7 Å². The molecule has 1 atom stereocenters. The van der Waals surface area contributed by atoms with E-state index >= 15 is 0 Å². The molecule has 1 aromatic carbocycles. The van der Waals surface area contributed by atoms with Gasteiger partial charge < -0.3 is 4.74 Å². The van der Waals surface area contributed by atoms with Gasteiger partial charge in [-0.25, -0.2) is 8.42 Å². The van der Waals surface area contributed by atoms with E-state index < -0.39 is 21.9 Å². The van der Waals surface area contributed by atoms with Gasteiger partial charge in [0, 0.05) is 25.1 Å². The summed E-state index contributed by atoms with van der Waals surface area (Å²) >= 11 is 4.43. The number of halogens is 1. The first kappa shape index (κ1) is 21.2. The number of esters is 1. The van der Waals surface area contributed by atoms with Crippen molar-refractivity contribution in [2.75, 3.05) is 13.1 Å². The molecule has 1 aromatic heterocycles. The Bertz CT molecular complexity index is 968. The van der Waals surface area contributed by atoms with Gasteiger partial charge in [-0.05, 0) is 65.2 Å². The van der Waals surface area contributed by atoms with E-state index in [0.29, 0.717) is 37.1 Å². The first-order valence-corrected chi connectivity index (χ1v) is 12.0. The lowest BCUT2D eigenvalue weighted by Gasteiger charge is -2.30. The van der Waals surface area contributed by atoms with Gasteiger partial charge in [0.15, 0.2) is 5.78 Å². The van der Waals surface area contributed by atoms with Gasteiger partial charge in [0.25, 0.3) is 10.0 Å². The number of nitrogens with zero attached hydrogens (tertiary/aromatic N) is 1. The summed E-state index contributed by atoms with van der Waals surface area (Å²) < 4.78 is 33.3. The van der Waals surface area contributed by atoms with E-state index in [0.717, 1.165) is 15.1 Å². The van der Waals surface area contributed by atoms with Crippen LogP contribution in [0, 0.1) is 5.92 Å². The Morgan fingerprint density at radius 3 is 2.54 bits per heavy atom. The van der Waals surface area contributed by atoms with Gasteiger partial charge in [-0.3, -0.25) is 9.59 Å². The number of carbonyl (C=O) groups excluding carboxylic acids is 2. The van der Waals surface area contributed by atoms with E-state index in [2.05, 4.69) is 15.9 Å². The SMILES string of the molecule is CCC(=O)c1ccc(OC(=O)C2CCCN(S(=O)(=O)c3ccc(Br)s3)C2)cc1. The predicted molar refractivity (Wildman–Crippen MR) is 110 cm³/mol. The van der Waals surface area contributed by atoms with Gasteiger partial charge in [0.2, 0.25) is 0 Å². The van der Waals surface area contributed by atoms with Crippen molar-refractivity contribution in [3.8, 4) is 5.75 Å². The van der Waals surface area contributed by atoms with Crippen molar-refractivity contribution in [1.82, 2.24) is 4.31 Å². The van der Waals surface area contributed by atoms with Crippen LogP contribution in [0.1, 0.15) is 36.5 Å². The molecule has 1 aliphatic heterocycles. The zero-order chi connectivity index (χ0) is 20.3. The quantitative estimate of drug-likeness (QED) is 0.349. The predicted octanol–water partition coefficient (Wildman–Crippen LogP) is 4.11. The highest BCUT2D eigenvalue weighted by Crippen LogP contribution is 2.31. The van der Waals surface area contributed by atoms with E-state index in [-0.39, 0.29) is 16.5 Å². The molecule has 28 heavy (non-hydrogen) atoms. The Morgan fingerprint density at radius 2 is 1.93 bits per heavy atom. The number of sulfonamides is 1. The van der Waals surface area contributed by atoms with Crippen molar-refractivity contribution in [2.45, 2.75) is 30.4 Å². The minimum absolute atomic E-state index is 0.0196. The van der Waals surface area contributed by atoms with Crippen LogP contribution in [-0.4, -0.2) is 37.6 Å². The molecule has 0 saturated carbocycles. The smallest absolute Gasteiger partial charge is 0.315 e. The summed E-state index contributed by atoms with van der Waals surface area (Å²) in [5, 5.41) is 0. The van der Waals surface area contributed by atoms with Crippen LogP contribution in [0.2, 0.25) is 0 Å². The lowest BCUT2D eigenvalue weighted by molar-refractivity contribution is -0.140. The van der Waals surface area contributed by atoms with Gasteiger partial charge in [0.1, 0.15) is 9.96 Å². The molecule has 1 unspecified atom stereocenters. The van der Waals surface area contributed by atoms with Crippen LogP contribution in [0.15, 0.2) is 44.4 Å². The van der Waals surface area contributed by atoms with Crippen molar-refractivity contribution in [3.63, 3.8) is 0 Å². The summed E-state index contributed by atoms with van der Waals surface area (Å²) in [5.41, 5.74) is 0.569. The Morgan fingerprint density at radius 1 is 1.21 bits per heavy atom. The topological polar surface area (TPSA) is 80.8 Å². The molecule has 0 bridgehead atoms. The average Bonchev–Trinajstić information content (AvgIpc) is 3.15. The summed E-state index contributed by atoms with van der Waals surface area (Å²) in [5.74, 6) is -0.614. The molecule has 2 heterocycles. The summed E-state index contributed by atoms with van der Waals surface area (Å²) in [6.07, 6.45) is 1.58. The molecule has 6 nitrogen and oxygen atoms in total. The third kappa shape index (κ3) is 4.71.